The summed E-state index contributed by atoms with van der Waals surface area (Å²) in [7, 11) is 0. The Bertz CT molecular complexity index is 864. The summed E-state index contributed by atoms with van der Waals surface area (Å²) in [4.78, 5) is 0. The minimum absolute atomic E-state index is 0.194. The Balaban J connectivity index is 1.62. The molecule has 1 aromatic heterocycles. The average Bonchev–Trinajstić information content (AvgIpc) is 3.05. The number of nitrogens with zero attached hydrogens (tertiary/aromatic N) is 3. The molecule has 1 fully saturated rings. The highest BCUT2D eigenvalue weighted by Crippen LogP contribution is 2.59. The van der Waals surface area contributed by atoms with Gasteiger partial charge in [0, 0.05) is 5.02 Å². The van der Waals surface area contributed by atoms with E-state index in [4.69, 9.17) is 11.6 Å². The lowest BCUT2D eigenvalue weighted by Gasteiger charge is -2.51. The second-order valence-electron chi connectivity index (χ2n) is 8.31. The van der Waals surface area contributed by atoms with Crippen LogP contribution in [-0.2, 0) is 0 Å². The molecule has 3 nitrogen and oxygen atoms in total. The van der Waals surface area contributed by atoms with Gasteiger partial charge in [0.15, 0.2) is 0 Å². The second-order valence-corrected chi connectivity index (χ2v) is 8.74. The SMILES string of the molecule is C=C1CCC[C@]2(C)CCC(c3cn(-c4ccc(Cl)cc4)nn3)=CC[C@@]12C. The van der Waals surface area contributed by atoms with Gasteiger partial charge in [-0.1, -0.05) is 48.9 Å². The second kappa shape index (κ2) is 6.38. The molecular weight excluding hydrogens is 342 g/mol. The molecule has 0 spiro atoms. The fourth-order valence-electron chi connectivity index (χ4n) is 4.67. The summed E-state index contributed by atoms with van der Waals surface area (Å²) < 4.78 is 1.83. The maximum atomic E-state index is 5.98. The smallest absolute Gasteiger partial charge is 0.109 e. The lowest BCUT2D eigenvalue weighted by Crippen LogP contribution is -2.41. The van der Waals surface area contributed by atoms with Crippen molar-refractivity contribution in [3.05, 3.63) is 59.4 Å². The molecule has 136 valence electrons. The van der Waals surface area contributed by atoms with E-state index in [2.05, 4.69) is 36.8 Å². The fraction of sp³-hybridized carbons (Fsp3) is 0.455. The molecule has 2 atom stereocenters. The molecule has 0 amide bonds. The van der Waals surface area contributed by atoms with Gasteiger partial charge in [-0.2, -0.15) is 0 Å². The van der Waals surface area contributed by atoms with Crippen molar-refractivity contribution in [2.75, 3.05) is 0 Å². The molecule has 0 bridgehead atoms. The molecule has 1 saturated carbocycles. The fourth-order valence-corrected chi connectivity index (χ4v) is 4.79. The van der Waals surface area contributed by atoms with Gasteiger partial charge >= 0.3 is 0 Å². The van der Waals surface area contributed by atoms with Crippen molar-refractivity contribution in [2.45, 2.75) is 52.4 Å². The van der Waals surface area contributed by atoms with Crippen LogP contribution in [0.2, 0.25) is 5.02 Å². The van der Waals surface area contributed by atoms with Gasteiger partial charge in [0.25, 0.3) is 0 Å². The van der Waals surface area contributed by atoms with Crippen LogP contribution in [0.5, 0.6) is 0 Å². The molecule has 0 saturated heterocycles. The van der Waals surface area contributed by atoms with Crippen molar-refractivity contribution in [2.24, 2.45) is 10.8 Å². The average molecular weight is 368 g/mol. The number of fused-ring (bicyclic) bond motifs is 1. The minimum atomic E-state index is 0.194. The predicted octanol–water partition coefficient (Wildman–Crippen LogP) is 6.24. The molecule has 1 heterocycles. The van der Waals surface area contributed by atoms with Gasteiger partial charge in [-0.25, -0.2) is 4.68 Å². The van der Waals surface area contributed by atoms with Crippen LogP contribution >= 0.6 is 11.6 Å². The molecule has 0 aliphatic heterocycles. The number of halogens is 1. The van der Waals surface area contributed by atoms with Crippen molar-refractivity contribution in [1.82, 2.24) is 15.0 Å². The summed E-state index contributed by atoms with van der Waals surface area (Å²) >= 11 is 5.98. The van der Waals surface area contributed by atoms with E-state index in [1.807, 2.05) is 35.1 Å². The summed E-state index contributed by atoms with van der Waals surface area (Å²) in [6, 6.07) is 7.67. The van der Waals surface area contributed by atoms with E-state index >= 15 is 0 Å². The lowest BCUT2D eigenvalue weighted by molar-refractivity contribution is 0.0645. The molecule has 0 unspecified atom stereocenters. The van der Waals surface area contributed by atoms with Crippen molar-refractivity contribution >= 4 is 17.2 Å². The number of hydrogen-bond donors (Lipinski definition) is 0. The Morgan fingerprint density at radius 1 is 1.12 bits per heavy atom. The molecule has 0 N–H and O–H groups in total. The third kappa shape index (κ3) is 2.83. The molecule has 26 heavy (non-hydrogen) atoms. The number of hydrogen-bond acceptors (Lipinski definition) is 2. The van der Waals surface area contributed by atoms with Crippen LogP contribution in [0, 0.1) is 10.8 Å². The first-order valence-corrected chi connectivity index (χ1v) is 9.85. The summed E-state index contributed by atoms with van der Waals surface area (Å²) in [5, 5.41) is 9.51. The third-order valence-corrected chi connectivity index (χ3v) is 7.19. The van der Waals surface area contributed by atoms with Gasteiger partial charge in [-0.3, -0.25) is 0 Å². The van der Waals surface area contributed by atoms with Crippen molar-refractivity contribution in [3.8, 4) is 5.69 Å². The van der Waals surface area contributed by atoms with E-state index in [-0.39, 0.29) is 5.41 Å². The highest BCUT2D eigenvalue weighted by Gasteiger charge is 2.48. The van der Waals surface area contributed by atoms with Crippen molar-refractivity contribution in [1.29, 1.82) is 0 Å². The Kier molecular flexibility index (Phi) is 4.31. The van der Waals surface area contributed by atoms with E-state index in [9.17, 15) is 0 Å². The van der Waals surface area contributed by atoms with E-state index in [0.717, 1.165) is 29.2 Å². The topological polar surface area (TPSA) is 30.7 Å². The van der Waals surface area contributed by atoms with Gasteiger partial charge in [-0.15, -0.1) is 5.10 Å². The molecule has 4 rings (SSSR count). The molecule has 4 heteroatoms. The quantitative estimate of drug-likeness (QED) is 0.588. The normalized spacial score (nSPS) is 29.0. The van der Waals surface area contributed by atoms with Gasteiger partial charge in [0.05, 0.1) is 11.9 Å². The van der Waals surface area contributed by atoms with Crippen LogP contribution in [-0.4, -0.2) is 15.0 Å². The van der Waals surface area contributed by atoms with E-state index < -0.39 is 0 Å². The van der Waals surface area contributed by atoms with Crippen molar-refractivity contribution in [3.63, 3.8) is 0 Å². The lowest BCUT2D eigenvalue weighted by atomic mass is 9.54. The van der Waals surface area contributed by atoms with Gasteiger partial charge < -0.3 is 0 Å². The number of benzene rings is 1. The summed E-state index contributed by atoms with van der Waals surface area (Å²) in [5.74, 6) is 0. The number of aromatic nitrogens is 3. The zero-order chi connectivity index (χ0) is 18.4. The van der Waals surface area contributed by atoms with Gasteiger partial charge in [0.1, 0.15) is 5.69 Å². The van der Waals surface area contributed by atoms with Crippen LogP contribution in [0.1, 0.15) is 58.1 Å². The Morgan fingerprint density at radius 2 is 1.88 bits per heavy atom. The molecule has 2 aromatic rings. The molecule has 1 aromatic carbocycles. The van der Waals surface area contributed by atoms with Crippen molar-refractivity contribution < 1.29 is 0 Å². The first-order valence-electron chi connectivity index (χ1n) is 9.47. The molecule has 2 aliphatic rings. The summed E-state index contributed by atoms with van der Waals surface area (Å²) in [5.41, 5.74) is 5.22. The first kappa shape index (κ1) is 17.5. The van der Waals surface area contributed by atoms with Crippen LogP contribution in [0.25, 0.3) is 11.3 Å². The maximum absolute atomic E-state index is 5.98. The Hall–Kier alpha value is -1.87. The van der Waals surface area contributed by atoms with Crippen LogP contribution in [0.15, 0.2) is 48.7 Å². The summed E-state index contributed by atoms with van der Waals surface area (Å²) in [6.45, 7) is 9.31. The molecule has 2 aliphatic carbocycles. The van der Waals surface area contributed by atoms with E-state index in [1.54, 1.807) is 0 Å². The zero-order valence-electron chi connectivity index (χ0n) is 15.6. The zero-order valence-corrected chi connectivity index (χ0v) is 16.4. The predicted molar refractivity (Wildman–Crippen MR) is 107 cm³/mol. The monoisotopic (exact) mass is 367 g/mol. The maximum Gasteiger partial charge on any atom is 0.109 e. The van der Waals surface area contributed by atoms with Crippen LogP contribution in [0.3, 0.4) is 0 Å². The third-order valence-electron chi connectivity index (χ3n) is 6.94. The Labute approximate surface area is 160 Å². The summed E-state index contributed by atoms with van der Waals surface area (Å²) in [6.07, 6.45) is 11.4. The highest BCUT2D eigenvalue weighted by molar-refractivity contribution is 6.30. The largest absolute Gasteiger partial charge is 0.220 e. The highest BCUT2D eigenvalue weighted by atomic mass is 35.5. The van der Waals surface area contributed by atoms with Gasteiger partial charge in [-0.05, 0) is 79.2 Å². The van der Waals surface area contributed by atoms with Crippen LogP contribution in [0.4, 0.5) is 0 Å². The minimum Gasteiger partial charge on any atom is -0.220 e. The Morgan fingerprint density at radius 3 is 2.65 bits per heavy atom. The number of allylic oxidation sites excluding steroid dienone is 3. The van der Waals surface area contributed by atoms with Gasteiger partial charge in [0.2, 0.25) is 0 Å². The van der Waals surface area contributed by atoms with E-state index in [1.165, 1.54) is 36.8 Å². The van der Waals surface area contributed by atoms with Crippen LogP contribution < -0.4 is 0 Å². The molecule has 0 radical (unpaired) electrons. The molecular formula is C22H26ClN3. The van der Waals surface area contributed by atoms with E-state index in [0.29, 0.717) is 5.41 Å². The number of rotatable bonds is 2. The first-order chi connectivity index (χ1) is 12.4. The standard InChI is InChI=1S/C22H26ClN3/c1-16-5-4-12-21(2)13-10-17(11-14-22(16,21)3)20-15-26(25-24-20)19-8-6-18(23)7-9-19/h6-9,11,15H,1,4-5,10,12-14H2,2-3H3/t21-,22+/m1/s1.